The second-order valence-corrected chi connectivity index (χ2v) is 9.51. The zero-order chi connectivity index (χ0) is 25.1. The molecule has 5 rings (SSSR count). The van der Waals surface area contributed by atoms with Gasteiger partial charge in [0.1, 0.15) is 6.04 Å². The number of carbonyl (C=O) groups is 2. The number of H-pyrrole nitrogens is 1. The summed E-state index contributed by atoms with van der Waals surface area (Å²) in [5.41, 5.74) is 2.33. The van der Waals surface area contributed by atoms with E-state index >= 15 is 0 Å². The summed E-state index contributed by atoms with van der Waals surface area (Å²) in [7, 11) is 1.62. The number of rotatable bonds is 6. The van der Waals surface area contributed by atoms with Crippen LogP contribution in [-0.2, 0) is 9.53 Å². The van der Waals surface area contributed by atoms with Crippen LogP contribution in [0.3, 0.4) is 0 Å². The highest BCUT2D eigenvalue weighted by Crippen LogP contribution is 2.29. The first-order valence-corrected chi connectivity index (χ1v) is 12.5. The number of methoxy groups -OCH3 is 1. The molecule has 2 fully saturated rings. The number of carbonyl (C=O) groups excluding carboxylic acids is 2. The van der Waals surface area contributed by atoms with E-state index in [2.05, 4.69) is 27.4 Å². The molecule has 2 aliphatic heterocycles. The minimum absolute atomic E-state index is 0.0113. The lowest BCUT2D eigenvalue weighted by Crippen LogP contribution is -2.57. The lowest BCUT2D eigenvalue weighted by Gasteiger charge is -2.39. The molecule has 3 aromatic rings. The van der Waals surface area contributed by atoms with E-state index in [-0.39, 0.29) is 29.6 Å². The van der Waals surface area contributed by atoms with Crippen molar-refractivity contribution >= 4 is 23.1 Å². The third-order valence-corrected chi connectivity index (χ3v) is 7.31. The fraction of sp³-hybridized carbons (Fsp3) is 0.462. The maximum atomic E-state index is 13.2. The van der Waals surface area contributed by atoms with Gasteiger partial charge >= 0.3 is 11.7 Å². The Labute approximate surface area is 209 Å². The highest BCUT2D eigenvalue weighted by Gasteiger charge is 2.37. The van der Waals surface area contributed by atoms with Crippen LogP contribution in [0.25, 0.3) is 11.2 Å². The SMILES string of the molecule is COCCN1CC(c2ccccc2)CC(NC(=O)N2CCC(n3c(=O)[nH]c4ncccc43)CC2)C1=O. The number of nitrogens with one attached hydrogen (secondary N) is 2. The third-order valence-electron chi connectivity index (χ3n) is 7.31. The number of piperidine rings is 2. The monoisotopic (exact) mass is 492 g/mol. The van der Waals surface area contributed by atoms with Crippen LogP contribution in [0, 0.1) is 0 Å². The van der Waals surface area contributed by atoms with Crippen LogP contribution < -0.4 is 11.0 Å². The van der Waals surface area contributed by atoms with Crippen molar-refractivity contribution in [1.82, 2.24) is 29.7 Å². The summed E-state index contributed by atoms with van der Waals surface area (Å²) < 4.78 is 6.95. The molecular weight excluding hydrogens is 460 g/mol. The molecule has 190 valence electrons. The average Bonchev–Trinajstić information content (AvgIpc) is 3.25. The van der Waals surface area contributed by atoms with E-state index in [1.807, 2.05) is 30.3 Å². The van der Waals surface area contributed by atoms with E-state index in [1.54, 1.807) is 27.7 Å². The molecule has 3 amide bonds. The van der Waals surface area contributed by atoms with Gasteiger partial charge in [0, 0.05) is 51.4 Å². The maximum Gasteiger partial charge on any atom is 0.327 e. The normalized spacial score (nSPS) is 21.2. The van der Waals surface area contributed by atoms with Crippen molar-refractivity contribution in [3.8, 4) is 0 Å². The van der Waals surface area contributed by atoms with Gasteiger partial charge in [0.15, 0.2) is 5.65 Å². The van der Waals surface area contributed by atoms with Gasteiger partial charge in [-0.3, -0.25) is 14.3 Å². The van der Waals surface area contributed by atoms with Crippen molar-refractivity contribution in [2.75, 3.05) is 39.9 Å². The van der Waals surface area contributed by atoms with Crippen LogP contribution in [0.5, 0.6) is 0 Å². The Balaban J connectivity index is 1.24. The van der Waals surface area contributed by atoms with E-state index in [0.29, 0.717) is 57.7 Å². The topological polar surface area (TPSA) is 113 Å². The highest BCUT2D eigenvalue weighted by molar-refractivity contribution is 5.88. The summed E-state index contributed by atoms with van der Waals surface area (Å²) in [6.45, 7) is 2.56. The quantitative estimate of drug-likeness (QED) is 0.547. The number of likely N-dealkylation sites (tertiary alicyclic amines) is 2. The number of urea groups is 1. The molecule has 2 saturated heterocycles. The maximum absolute atomic E-state index is 13.2. The molecule has 0 radical (unpaired) electrons. The molecule has 10 heteroatoms. The standard InChI is InChI=1S/C26H32N6O4/c1-36-15-14-31-17-19(18-6-3-2-4-7-18)16-21(24(31)33)28-25(34)30-12-9-20(10-13-30)32-22-8-5-11-27-23(22)29-26(32)35/h2-8,11,19-21H,9-10,12-17H2,1H3,(H,28,34)(H,27,29,35). The molecular formula is C26H32N6O4. The molecule has 0 spiro atoms. The van der Waals surface area contributed by atoms with Gasteiger partial charge in [0.2, 0.25) is 5.91 Å². The molecule has 36 heavy (non-hydrogen) atoms. The highest BCUT2D eigenvalue weighted by atomic mass is 16.5. The van der Waals surface area contributed by atoms with E-state index in [0.717, 1.165) is 11.1 Å². The first-order valence-electron chi connectivity index (χ1n) is 12.5. The summed E-state index contributed by atoms with van der Waals surface area (Å²) in [5, 5.41) is 3.01. The Hall–Kier alpha value is -3.66. The van der Waals surface area contributed by atoms with Gasteiger partial charge < -0.3 is 19.9 Å². The molecule has 0 aliphatic carbocycles. The first-order chi connectivity index (χ1) is 17.5. The number of benzene rings is 1. The summed E-state index contributed by atoms with van der Waals surface area (Å²) >= 11 is 0. The molecule has 1 aromatic carbocycles. The number of aromatic amines is 1. The largest absolute Gasteiger partial charge is 0.383 e. The minimum atomic E-state index is -0.589. The van der Waals surface area contributed by atoms with Crippen LogP contribution in [0.1, 0.15) is 36.8 Å². The Morgan fingerprint density at radius 1 is 1.14 bits per heavy atom. The first kappa shape index (κ1) is 24.1. The smallest absolute Gasteiger partial charge is 0.327 e. The Morgan fingerprint density at radius 2 is 1.92 bits per heavy atom. The number of aromatic nitrogens is 3. The van der Waals surface area contributed by atoms with Crippen molar-refractivity contribution in [2.45, 2.75) is 37.3 Å². The predicted octanol–water partition coefficient (Wildman–Crippen LogP) is 2.10. The Bertz CT molecular complexity index is 1260. The third kappa shape index (κ3) is 4.86. The summed E-state index contributed by atoms with van der Waals surface area (Å²) in [5.74, 6) is 0.0689. The number of amides is 3. The number of nitrogens with zero attached hydrogens (tertiary/aromatic N) is 4. The number of imidazole rings is 1. The summed E-state index contributed by atoms with van der Waals surface area (Å²) in [6, 6.07) is 13.0. The molecule has 2 aromatic heterocycles. The Kier molecular flexibility index (Phi) is 7.04. The van der Waals surface area contributed by atoms with E-state index in [9.17, 15) is 14.4 Å². The van der Waals surface area contributed by atoms with Crippen LogP contribution >= 0.6 is 0 Å². The zero-order valence-electron chi connectivity index (χ0n) is 20.4. The molecule has 2 atom stereocenters. The van der Waals surface area contributed by atoms with Gasteiger partial charge in [-0.15, -0.1) is 0 Å². The van der Waals surface area contributed by atoms with Gasteiger partial charge in [-0.05, 0) is 37.0 Å². The Morgan fingerprint density at radius 3 is 2.67 bits per heavy atom. The fourth-order valence-electron chi connectivity index (χ4n) is 5.42. The van der Waals surface area contributed by atoms with Gasteiger partial charge in [-0.25, -0.2) is 14.6 Å². The van der Waals surface area contributed by atoms with Gasteiger partial charge in [0.05, 0.1) is 12.1 Å². The van der Waals surface area contributed by atoms with Crippen molar-refractivity contribution in [1.29, 1.82) is 0 Å². The van der Waals surface area contributed by atoms with Crippen LogP contribution in [0.15, 0.2) is 53.5 Å². The molecule has 2 aliphatic rings. The van der Waals surface area contributed by atoms with Crippen molar-refractivity contribution in [3.05, 3.63) is 64.7 Å². The molecule has 4 heterocycles. The lowest BCUT2D eigenvalue weighted by atomic mass is 9.87. The van der Waals surface area contributed by atoms with E-state index < -0.39 is 6.04 Å². The molecule has 0 saturated carbocycles. The summed E-state index contributed by atoms with van der Waals surface area (Å²) in [6.07, 6.45) is 3.52. The number of fused-ring (bicyclic) bond motifs is 1. The van der Waals surface area contributed by atoms with E-state index in [1.165, 1.54) is 0 Å². The van der Waals surface area contributed by atoms with Crippen LogP contribution in [0.2, 0.25) is 0 Å². The van der Waals surface area contributed by atoms with Gasteiger partial charge in [-0.1, -0.05) is 30.3 Å². The molecule has 0 bridgehead atoms. The average molecular weight is 493 g/mol. The second kappa shape index (κ2) is 10.5. The van der Waals surface area contributed by atoms with Crippen molar-refractivity contribution in [3.63, 3.8) is 0 Å². The van der Waals surface area contributed by atoms with Crippen LogP contribution in [-0.4, -0.2) is 82.2 Å². The molecule has 2 unspecified atom stereocenters. The second-order valence-electron chi connectivity index (χ2n) is 9.51. The van der Waals surface area contributed by atoms with Gasteiger partial charge in [0.25, 0.3) is 0 Å². The summed E-state index contributed by atoms with van der Waals surface area (Å²) in [4.78, 5) is 49.5. The zero-order valence-corrected chi connectivity index (χ0v) is 20.4. The molecule has 2 N–H and O–H groups in total. The van der Waals surface area contributed by atoms with E-state index in [4.69, 9.17) is 4.74 Å². The number of hydrogen-bond donors (Lipinski definition) is 2. The predicted molar refractivity (Wildman–Crippen MR) is 135 cm³/mol. The van der Waals surface area contributed by atoms with Gasteiger partial charge in [-0.2, -0.15) is 0 Å². The fourth-order valence-corrected chi connectivity index (χ4v) is 5.42. The lowest BCUT2D eigenvalue weighted by molar-refractivity contribution is -0.137. The van der Waals surface area contributed by atoms with Crippen molar-refractivity contribution in [2.24, 2.45) is 0 Å². The molecule has 10 nitrogen and oxygen atoms in total. The van der Waals surface area contributed by atoms with Crippen LogP contribution in [0.4, 0.5) is 4.79 Å². The number of hydrogen-bond acceptors (Lipinski definition) is 5. The van der Waals surface area contributed by atoms with Crippen molar-refractivity contribution < 1.29 is 14.3 Å². The number of pyridine rings is 1. The number of ether oxygens (including phenoxy) is 1. The minimum Gasteiger partial charge on any atom is -0.383 e.